The largest absolute Gasteiger partial charge is 0.332 e. The molecule has 0 unspecified atom stereocenters. The van der Waals surface area contributed by atoms with Crippen LogP contribution in [0.5, 0.6) is 0 Å². The van der Waals surface area contributed by atoms with E-state index in [1.807, 2.05) is 13.0 Å². The molecular weight excluding hydrogens is 298 g/mol. The van der Waals surface area contributed by atoms with Crippen molar-refractivity contribution < 1.29 is 8.42 Å². The zero-order valence-electron chi connectivity index (χ0n) is 13.1. The number of hydrogen-bond acceptors (Lipinski definition) is 4. The van der Waals surface area contributed by atoms with Gasteiger partial charge in [0.1, 0.15) is 5.84 Å². The third-order valence-electron chi connectivity index (χ3n) is 4.40. The van der Waals surface area contributed by atoms with Gasteiger partial charge in [0.2, 0.25) is 10.0 Å². The maximum Gasteiger partial charge on any atom is 0.240 e. The van der Waals surface area contributed by atoms with E-state index in [-0.39, 0.29) is 12.1 Å². The van der Waals surface area contributed by atoms with Gasteiger partial charge in [-0.2, -0.15) is 0 Å². The van der Waals surface area contributed by atoms with E-state index in [2.05, 4.69) is 28.5 Å². The first-order valence-corrected chi connectivity index (χ1v) is 8.96. The molecule has 22 heavy (non-hydrogen) atoms. The SMILES string of the molecule is CC1=N[C@@H](C)C(C)=C2C[C@H](NS(=O)(=O)c3ccccc3)CN12. The Morgan fingerprint density at radius 2 is 1.91 bits per heavy atom. The molecule has 118 valence electrons. The Labute approximate surface area is 131 Å². The molecular formula is C16H21N3O2S. The fourth-order valence-electron chi connectivity index (χ4n) is 3.09. The van der Waals surface area contributed by atoms with Crippen LogP contribution in [-0.2, 0) is 10.0 Å². The molecule has 0 radical (unpaired) electrons. The quantitative estimate of drug-likeness (QED) is 0.928. The van der Waals surface area contributed by atoms with Gasteiger partial charge in [-0.05, 0) is 38.5 Å². The van der Waals surface area contributed by atoms with Gasteiger partial charge in [0, 0.05) is 24.7 Å². The number of sulfonamides is 1. The zero-order chi connectivity index (χ0) is 15.9. The minimum absolute atomic E-state index is 0.120. The van der Waals surface area contributed by atoms with Gasteiger partial charge in [-0.1, -0.05) is 18.2 Å². The lowest BCUT2D eigenvalue weighted by atomic mass is 10.0. The second kappa shape index (κ2) is 5.52. The topological polar surface area (TPSA) is 61.8 Å². The fourth-order valence-corrected chi connectivity index (χ4v) is 4.34. The molecule has 1 N–H and O–H groups in total. The molecule has 1 aromatic carbocycles. The predicted octanol–water partition coefficient (Wildman–Crippen LogP) is 2.13. The normalized spacial score (nSPS) is 25.2. The van der Waals surface area contributed by atoms with Crippen molar-refractivity contribution in [2.24, 2.45) is 4.99 Å². The number of hydrogen-bond donors (Lipinski definition) is 1. The van der Waals surface area contributed by atoms with Crippen LogP contribution in [0.1, 0.15) is 27.2 Å². The van der Waals surface area contributed by atoms with Crippen LogP contribution in [0.3, 0.4) is 0 Å². The first-order valence-electron chi connectivity index (χ1n) is 7.47. The van der Waals surface area contributed by atoms with Gasteiger partial charge in [0.05, 0.1) is 10.9 Å². The summed E-state index contributed by atoms with van der Waals surface area (Å²) in [5.41, 5.74) is 2.44. The molecule has 1 fully saturated rings. The number of benzene rings is 1. The van der Waals surface area contributed by atoms with E-state index in [1.165, 1.54) is 11.3 Å². The van der Waals surface area contributed by atoms with Gasteiger partial charge in [0.15, 0.2) is 0 Å². The second-order valence-corrected chi connectivity index (χ2v) is 7.64. The summed E-state index contributed by atoms with van der Waals surface area (Å²) in [7, 11) is -3.47. The minimum Gasteiger partial charge on any atom is -0.332 e. The van der Waals surface area contributed by atoms with Gasteiger partial charge in [0.25, 0.3) is 0 Å². The first kappa shape index (κ1) is 15.2. The summed E-state index contributed by atoms with van der Waals surface area (Å²) in [5.74, 6) is 0.967. The molecule has 2 aliphatic heterocycles. The monoisotopic (exact) mass is 319 g/mol. The molecule has 0 aliphatic carbocycles. The number of amidine groups is 1. The average Bonchev–Trinajstić information content (AvgIpc) is 2.90. The highest BCUT2D eigenvalue weighted by Gasteiger charge is 2.35. The van der Waals surface area contributed by atoms with Crippen LogP contribution in [0, 0.1) is 0 Å². The number of nitrogens with one attached hydrogen (secondary N) is 1. The van der Waals surface area contributed by atoms with Crippen LogP contribution in [0.2, 0.25) is 0 Å². The lowest BCUT2D eigenvalue weighted by Gasteiger charge is -2.28. The Balaban J connectivity index is 1.81. The van der Waals surface area contributed by atoms with Crippen molar-refractivity contribution in [3.05, 3.63) is 41.6 Å². The maximum absolute atomic E-state index is 12.4. The molecule has 0 aromatic heterocycles. The van der Waals surface area contributed by atoms with Crippen molar-refractivity contribution in [2.75, 3.05) is 6.54 Å². The smallest absolute Gasteiger partial charge is 0.240 e. The van der Waals surface area contributed by atoms with Gasteiger partial charge in [-0.25, -0.2) is 13.1 Å². The van der Waals surface area contributed by atoms with E-state index in [1.54, 1.807) is 24.3 Å². The van der Waals surface area contributed by atoms with Crippen molar-refractivity contribution in [1.82, 2.24) is 9.62 Å². The summed E-state index contributed by atoms with van der Waals surface area (Å²) in [4.78, 5) is 7.04. The van der Waals surface area contributed by atoms with Crippen LogP contribution >= 0.6 is 0 Å². The Morgan fingerprint density at radius 1 is 1.23 bits per heavy atom. The van der Waals surface area contributed by atoms with Crippen molar-refractivity contribution in [2.45, 2.75) is 44.2 Å². The molecule has 2 aliphatic rings. The number of rotatable bonds is 3. The van der Waals surface area contributed by atoms with E-state index in [4.69, 9.17) is 0 Å². The van der Waals surface area contributed by atoms with Gasteiger partial charge in [-0.15, -0.1) is 0 Å². The zero-order valence-corrected chi connectivity index (χ0v) is 13.9. The van der Waals surface area contributed by atoms with Gasteiger partial charge in [-0.3, -0.25) is 4.99 Å². The Kier molecular flexibility index (Phi) is 3.82. The van der Waals surface area contributed by atoms with Crippen molar-refractivity contribution in [3.63, 3.8) is 0 Å². The molecule has 6 heteroatoms. The first-order chi connectivity index (χ1) is 10.4. The van der Waals surface area contributed by atoms with Crippen LogP contribution in [0.15, 0.2) is 51.5 Å². The van der Waals surface area contributed by atoms with Crippen LogP contribution < -0.4 is 4.72 Å². The third-order valence-corrected chi connectivity index (χ3v) is 5.93. The number of aliphatic imine (C=N–C) groups is 1. The standard InChI is InChI=1S/C16H21N3O2S/c1-11-12(2)17-13(3)19-10-14(9-16(11)19)18-22(20,21)15-7-5-4-6-8-15/h4-8,12,14,18H,9-10H2,1-3H3/t12-,14-/m0/s1. The summed E-state index contributed by atoms with van der Waals surface area (Å²) >= 11 is 0. The van der Waals surface area contributed by atoms with Gasteiger partial charge < -0.3 is 4.90 Å². The fraction of sp³-hybridized carbons (Fsp3) is 0.438. The summed E-state index contributed by atoms with van der Waals surface area (Å²) in [5, 5.41) is 0. The molecule has 0 amide bonds. The number of fused-ring (bicyclic) bond motifs is 1. The summed E-state index contributed by atoms with van der Waals surface area (Å²) < 4.78 is 27.7. The molecule has 0 bridgehead atoms. The second-order valence-electron chi connectivity index (χ2n) is 5.93. The molecule has 0 saturated carbocycles. The van der Waals surface area contributed by atoms with E-state index in [0.29, 0.717) is 11.4 Å². The van der Waals surface area contributed by atoms with Crippen molar-refractivity contribution in [3.8, 4) is 0 Å². The minimum atomic E-state index is -3.47. The molecule has 0 spiro atoms. The highest BCUT2D eigenvalue weighted by Crippen LogP contribution is 2.31. The third kappa shape index (κ3) is 2.68. The molecule has 2 atom stereocenters. The Bertz CT molecular complexity index is 738. The maximum atomic E-state index is 12.4. The van der Waals surface area contributed by atoms with Crippen LogP contribution in [-0.4, -0.2) is 37.8 Å². The summed E-state index contributed by atoms with van der Waals surface area (Å²) in [6.07, 6.45) is 0.717. The molecule has 5 nitrogen and oxygen atoms in total. The molecule has 2 heterocycles. The lowest BCUT2D eigenvalue weighted by molar-refractivity contribution is 0.509. The lowest BCUT2D eigenvalue weighted by Crippen LogP contribution is -2.38. The Hall–Kier alpha value is -1.66. The average molecular weight is 319 g/mol. The van der Waals surface area contributed by atoms with E-state index < -0.39 is 10.0 Å². The van der Waals surface area contributed by atoms with E-state index >= 15 is 0 Å². The van der Waals surface area contributed by atoms with E-state index in [9.17, 15) is 8.42 Å². The number of nitrogens with zero attached hydrogens (tertiary/aromatic N) is 2. The molecule has 3 rings (SSSR count). The van der Waals surface area contributed by atoms with Gasteiger partial charge >= 0.3 is 0 Å². The van der Waals surface area contributed by atoms with Crippen molar-refractivity contribution >= 4 is 15.9 Å². The molecule has 1 aromatic rings. The summed E-state index contributed by atoms with van der Waals surface area (Å²) in [6, 6.07) is 8.56. The highest BCUT2D eigenvalue weighted by atomic mass is 32.2. The predicted molar refractivity (Wildman–Crippen MR) is 87.1 cm³/mol. The Morgan fingerprint density at radius 3 is 2.59 bits per heavy atom. The highest BCUT2D eigenvalue weighted by molar-refractivity contribution is 7.89. The molecule has 1 saturated heterocycles. The van der Waals surface area contributed by atoms with E-state index in [0.717, 1.165) is 12.3 Å². The van der Waals surface area contributed by atoms with Crippen LogP contribution in [0.25, 0.3) is 0 Å². The summed E-state index contributed by atoms with van der Waals surface area (Å²) in [6.45, 7) is 6.78. The van der Waals surface area contributed by atoms with Crippen LogP contribution in [0.4, 0.5) is 0 Å². The van der Waals surface area contributed by atoms with Crippen molar-refractivity contribution in [1.29, 1.82) is 0 Å².